The molecule has 7 heteroatoms. The lowest BCUT2D eigenvalue weighted by atomic mass is 10.0. The van der Waals surface area contributed by atoms with Crippen molar-refractivity contribution in [2.45, 2.75) is 26.7 Å². The fraction of sp³-hybridized carbons (Fsp3) is 0.250. The van der Waals surface area contributed by atoms with Crippen LogP contribution in [0.25, 0.3) is 0 Å². The first-order valence-corrected chi connectivity index (χ1v) is 9.16. The van der Waals surface area contributed by atoms with Gasteiger partial charge >= 0.3 is 5.97 Å². The highest BCUT2D eigenvalue weighted by atomic mass is 79.9. The van der Waals surface area contributed by atoms with Gasteiger partial charge in [-0.2, -0.15) is 5.10 Å². The standard InChI is InChI=1S/C20H21BrN2O4/c1-12(2)16-9-17(21)13(3)8-18(16)27-11-19(24)23-22-10-14-6-4-5-7-15(14)20(25)26/h4-10,12H,11H2,1-3H3,(H,23,24)(H,25,26)/b22-10+. The average molecular weight is 433 g/mol. The summed E-state index contributed by atoms with van der Waals surface area (Å²) in [6.07, 6.45) is 1.30. The third-order valence-electron chi connectivity index (χ3n) is 3.86. The van der Waals surface area contributed by atoms with Crippen LogP contribution in [-0.2, 0) is 4.79 Å². The molecule has 0 aliphatic heterocycles. The first kappa shape index (κ1) is 20.6. The molecule has 0 unspecified atom stereocenters. The van der Waals surface area contributed by atoms with Crippen LogP contribution in [0.1, 0.15) is 46.8 Å². The van der Waals surface area contributed by atoms with E-state index in [4.69, 9.17) is 9.84 Å². The fourth-order valence-corrected chi connectivity index (χ4v) is 2.76. The topological polar surface area (TPSA) is 88.0 Å². The lowest BCUT2D eigenvalue weighted by Gasteiger charge is -2.15. The third-order valence-corrected chi connectivity index (χ3v) is 4.71. The van der Waals surface area contributed by atoms with Crippen LogP contribution < -0.4 is 10.2 Å². The first-order chi connectivity index (χ1) is 12.8. The number of halogens is 1. The van der Waals surface area contributed by atoms with Gasteiger partial charge in [-0.15, -0.1) is 0 Å². The highest BCUT2D eigenvalue weighted by Gasteiger charge is 2.12. The summed E-state index contributed by atoms with van der Waals surface area (Å²) in [6.45, 7) is 5.85. The Morgan fingerprint density at radius 1 is 1.30 bits per heavy atom. The summed E-state index contributed by atoms with van der Waals surface area (Å²) in [5.41, 5.74) is 4.87. The second-order valence-corrected chi connectivity index (χ2v) is 7.12. The number of carbonyl (C=O) groups is 2. The van der Waals surface area contributed by atoms with E-state index < -0.39 is 11.9 Å². The van der Waals surface area contributed by atoms with Gasteiger partial charge in [0.1, 0.15) is 5.75 Å². The molecule has 0 radical (unpaired) electrons. The predicted octanol–water partition coefficient (Wildman–Crippen LogP) is 4.11. The van der Waals surface area contributed by atoms with Crippen LogP contribution >= 0.6 is 15.9 Å². The molecule has 6 nitrogen and oxygen atoms in total. The van der Waals surface area contributed by atoms with Crippen molar-refractivity contribution in [1.82, 2.24) is 5.43 Å². The van der Waals surface area contributed by atoms with Crippen LogP contribution in [-0.4, -0.2) is 29.8 Å². The number of carbonyl (C=O) groups excluding carboxylic acids is 1. The van der Waals surface area contributed by atoms with E-state index in [0.29, 0.717) is 11.3 Å². The Kier molecular flexibility index (Phi) is 7.12. The van der Waals surface area contributed by atoms with Crippen molar-refractivity contribution in [2.75, 3.05) is 6.61 Å². The van der Waals surface area contributed by atoms with Crippen molar-refractivity contribution < 1.29 is 19.4 Å². The Hall–Kier alpha value is -2.67. The van der Waals surface area contributed by atoms with Crippen LogP contribution in [0.2, 0.25) is 0 Å². The molecule has 0 saturated carbocycles. The summed E-state index contributed by atoms with van der Waals surface area (Å²) >= 11 is 3.51. The van der Waals surface area contributed by atoms with E-state index in [2.05, 4.69) is 26.5 Å². The number of amides is 1. The number of carboxylic acids is 1. The molecule has 0 saturated heterocycles. The largest absolute Gasteiger partial charge is 0.483 e. The number of benzene rings is 2. The molecule has 0 fully saturated rings. The van der Waals surface area contributed by atoms with Crippen LogP contribution in [0.5, 0.6) is 5.75 Å². The molecule has 2 aromatic rings. The van der Waals surface area contributed by atoms with Crippen molar-refractivity contribution in [3.63, 3.8) is 0 Å². The fourth-order valence-electron chi connectivity index (χ4n) is 2.40. The molecule has 2 rings (SSSR count). The zero-order valence-corrected chi connectivity index (χ0v) is 16.9. The molecule has 0 aliphatic rings. The lowest BCUT2D eigenvalue weighted by Crippen LogP contribution is -2.25. The van der Waals surface area contributed by atoms with Gasteiger partial charge in [-0.05, 0) is 42.2 Å². The van der Waals surface area contributed by atoms with Gasteiger partial charge in [-0.25, -0.2) is 10.2 Å². The van der Waals surface area contributed by atoms with Gasteiger partial charge in [0.25, 0.3) is 5.91 Å². The summed E-state index contributed by atoms with van der Waals surface area (Å²) in [7, 11) is 0. The van der Waals surface area contributed by atoms with E-state index >= 15 is 0 Å². The number of aromatic carboxylic acids is 1. The second kappa shape index (κ2) is 9.32. The van der Waals surface area contributed by atoms with E-state index in [-0.39, 0.29) is 18.1 Å². The molecule has 0 bridgehead atoms. The number of nitrogens with zero attached hydrogens (tertiary/aromatic N) is 1. The highest BCUT2D eigenvalue weighted by molar-refractivity contribution is 9.10. The molecule has 0 aromatic heterocycles. The quantitative estimate of drug-likeness (QED) is 0.508. The number of hydrazone groups is 1. The molecule has 0 heterocycles. The minimum atomic E-state index is -1.06. The van der Waals surface area contributed by atoms with E-state index in [1.165, 1.54) is 12.3 Å². The van der Waals surface area contributed by atoms with Crippen molar-refractivity contribution in [2.24, 2.45) is 5.10 Å². The van der Waals surface area contributed by atoms with Gasteiger partial charge in [0.15, 0.2) is 6.61 Å². The highest BCUT2D eigenvalue weighted by Crippen LogP contribution is 2.32. The number of rotatable bonds is 7. The summed E-state index contributed by atoms with van der Waals surface area (Å²) in [6, 6.07) is 10.3. The SMILES string of the molecule is Cc1cc(OCC(=O)N/N=C/c2ccccc2C(=O)O)c(C(C)C)cc1Br. The first-order valence-electron chi connectivity index (χ1n) is 8.36. The Bertz CT molecular complexity index is 878. The molecule has 142 valence electrons. The molecule has 0 atom stereocenters. The second-order valence-electron chi connectivity index (χ2n) is 6.27. The summed E-state index contributed by atoms with van der Waals surface area (Å²) in [5, 5.41) is 12.9. The van der Waals surface area contributed by atoms with Gasteiger partial charge in [0, 0.05) is 10.0 Å². The number of hydrogen-bond acceptors (Lipinski definition) is 4. The summed E-state index contributed by atoms with van der Waals surface area (Å²) in [5.74, 6) is -0.598. The summed E-state index contributed by atoms with van der Waals surface area (Å²) in [4.78, 5) is 23.1. The average Bonchev–Trinajstić information content (AvgIpc) is 2.62. The molecular formula is C20H21BrN2O4. The number of hydrogen-bond donors (Lipinski definition) is 2. The third kappa shape index (κ3) is 5.65. The van der Waals surface area contributed by atoms with Crippen LogP contribution in [0, 0.1) is 6.92 Å². The smallest absolute Gasteiger partial charge is 0.336 e. The Labute approximate surface area is 166 Å². The van der Waals surface area contributed by atoms with Crippen LogP contribution in [0.15, 0.2) is 46.0 Å². The maximum Gasteiger partial charge on any atom is 0.336 e. The van der Waals surface area contributed by atoms with Gasteiger partial charge < -0.3 is 9.84 Å². The van der Waals surface area contributed by atoms with Crippen LogP contribution in [0.3, 0.4) is 0 Å². The minimum absolute atomic E-state index is 0.110. The van der Waals surface area contributed by atoms with Gasteiger partial charge in [-0.1, -0.05) is 48.0 Å². The van der Waals surface area contributed by atoms with E-state index in [9.17, 15) is 9.59 Å². The van der Waals surface area contributed by atoms with Crippen molar-refractivity contribution >= 4 is 34.0 Å². The molecular weight excluding hydrogens is 412 g/mol. The number of nitrogens with one attached hydrogen (secondary N) is 1. The van der Waals surface area contributed by atoms with Crippen molar-refractivity contribution in [3.05, 3.63) is 63.1 Å². The Morgan fingerprint density at radius 3 is 2.67 bits per heavy atom. The number of aryl methyl sites for hydroxylation is 1. The molecule has 0 aliphatic carbocycles. The van der Waals surface area contributed by atoms with Gasteiger partial charge in [-0.3, -0.25) is 4.79 Å². The lowest BCUT2D eigenvalue weighted by molar-refractivity contribution is -0.123. The normalized spacial score (nSPS) is 11.0. The van der Waals surface area contributed by atoms with Crippen LogP contribution in [0.4, 0.5) is 0 Å². The monoisotopic (exact) mass is 432 g/mol. The maximum absolute atomic E-state index is 12.0. The molecule has 0 spiro atoms. The van der Waals surface area contributed by atoms with E-state index in [1.807, 2.05) is 32.9 Å². The number of ether oxygens (including phenoxy) is 1. The molecule has 27 heavy (non-hydrogen) atoms. The predicted molar refractivity (Wildman–Crippen MR) is 108 cm³/mol. The van der Waals surface area contributed by atoms with Crippen molar-refractivity contribution in [3.8, 4) is 5.75 Å². The zero-order valence-electron chi connectivity index (χ0n) is 15.3. The molecule has 2 N–H and O–H groups in total. The summed E-state index contributed by atoms with van der Waals surface area (Å²) < 4.78 is 6.65. The van der Waals surface area contributed by atoms with Gasteiger partial charge in [0.05, 0.1) is 11.8 Å². The minimum Gasteiger partial charge on any atom is -0.483 e. The maximum atomic E-state index is 12.0. The van der Waals surface area contributed by atoms with E-state index in [1.54, 1.807) is 18.2 Å². The van der Waals surface area contributed by atoms with E-state index in [0.717, 1.165) is 15.6 Å². The Morgan fingerprint density at radius 2 is 2.00 bits per heavy atom. The zero-order chi connectivity index (χ0) is 20.0. The van der Waals surface area contributed by atoms with Crippen molar-refractivity contribution in [1.29, 1.82) is 0 Å². The number of carboxylic acid groups (broad SMARTS) is 1. The Balaban J connectivity index is 2.00. The molecule has 1 amide bonds. The van der Waals surface area contributed by atoms with Gasteiger partial charge in [0.2, 0.25) is 0 Å². The molecule has 2 aromatic carbocycles.